The van der Waals surface area contributed by atoms with E-state index in [4.69, 9.17) is 0 Å². The lowest BCUT2D eigenvalue weighted by Crippen LogP contribution is -1.94. The first-order valence-electron chi connectivity index (χ1n) is 12.8. The second-order valence-electron chi connectivity index (χ2n) is 9.95. The predicted octanol–water partition coefficient (Wildman–Crippen LogP) is 8.18. The molecule has 30 heavy (non-hydrogen) atoms. The molecule has 0 heteroatoms. The van der Waals surface area contributed by atoms with Gasteiger partial charge in [0.2, 0.25) is 0 Å². The molecule has 5 rings (SSSR count). The van der Waals surface area contributed by atoms with Gasteiger partial charge < -0.3 is 0 Å². The SMILES string of the molecule is CCCCc1cccc2c3c(c(CCCC)ccc4c5c(c1)CCCC45)C3CCC2. The maximum absolute atomic E-state index is 2.56. The van der Waals surface area contributed by atoms with Crippen LogP contribution in [0.5, 0.6) is 0 Å². The molecule has 0 aromatic heterocycles. The highest BCUT2D eigenvalue weighted by Gasteiger charge is 2.39. The molecule has 0 saturated carbocycles. The topological polar surface area (TPSA) is 0 Å². The smallest absolute Gasteiger partial charge is 0.0101 e. The van der Waals surface area contributed by atoms with Gasteiger partial charge in [0.25, 0.3) is 0 Å². The second-order valence-corrected chi connectivity index (χ2v) is 9.95. The van der Waals surface area contributed by atoms with E-state index in [1.54, 1.807) is 38.9 Å². The van der Waals surface area contributed by atoms with Gasteiger partial charge >= 0.3 is 0 Å². The van der Waals surface area contributed by atoms with Gasteiger partial charge in [-0.1, -0.05) is 63.1 Å². The molecule has 2 unspecified atom stereocenters. The Bertz CT molecular complexity index is 949. The summed E-state index contributed by atoms with van der Waals surface area (Å²) in [6.45, 7) is 4.63. The van der Waals surface area contributed by atoms with E-state index in [-0.39, 0.29) is 0 Å². The molecule has 1 aromatic carbocycles. The molecule has 0 fully saturated rings. The van der Waals surface area contributed by atoms with Crippen molar-refractivity contribution in [3.63, 3.8) is 0 Å². The van der Waals surface area contributed by atoms with Crippen LogP contribution in [0, 0.1) is 0 Å². The highest BCUT2D eigenvalue weighted by atomic mass is 14.4. The van der Waals surface area contributed by atoms with Gasteiger partial charge in [-0.25, -0.2) is 0 Å². The summed E-state index contributed by atoms with van der Waals surface area (Å²) in [5, 5.41) is 0. The average molecular weight is 399 g/mol. The van der Waals surface area contributed by atoms with E-state index in [0.29, 0.717) is 0 Å². The number of hydrogen-bond donors (Lipinski definition) is 0. The molecule has 0 N–H and O–H groups in total. The third-order valence-electron chi connectivity index (χ3n) is 7.82. The van der Waals surface area contributed by atoms with E-state index in [0.717, 1.165) is 11.8 Å². The Labute approximate surface area is 183 Å². The molecule has 0 aliphatic heterocycles. The monoisotopic (exact) mass is 398 g/mol. The molecule has 0 amide bonds. The van der Waals surface area contributed by atoms with Crippen molar-refractivity contribution in [2.24, 2.45) is 0 Å². The van der Waals surface area contributed by atoms with Crippen LogP contribution in [0.3, 0.4) is 0 Å². The van der Waals surface area contributed by atoms with Crippen LogP contribution in [0.1, 0.15) is 122 Å². The molecule has 0 bridgehead atoms. The van der Waals surface area contributed by atoms with Gasteiger partial charge in [-0.2, -0.15) is 0 Å². The van der Waals surface area contributed by atoms with E-state index in [9.17, 15) is 0 Å². The number of rotatable bonds is 6. The lowest BCUT2D eigenvalue weighted by atomic mass is 9.97. The molecule has 4 aliphatic carbocycles. The van der Waals surface area contributed by atoms with Gasteiger partial charge in [-0.15, -0.1) is 0 Å². The van der Waals surface area contributed by atoms with Crippen LogP contribution >= 0.6 is 0 Å². The van der Waals surface area contributed by atoms with Crippen molar-refractivity contribution in [1.82, 2.24) is 0 Å². The number of hydrogen-bond acceptors (Lipinski definition) is 0. The quantitative estimate of drug-likeness (QED) is 0.453. The molecular weight excluding hydrogens is 360 g/mol. The van der Waals surface area contributed by atoms with Gasteiger partial charge in [0.05, 0.1) is 0 Å². The van der Waals surface area contributed by atoms with E-state index < -0.39 is 0 Å². The Morgan fingerprint density at radius 1 is 0.733 bits per heavy atom. The first kappa shape index (κ1) is 20.1. The Balaban J connectivity index is 1.68. The Kier molecular flexibility index (Phi) is 5.85. The molecular formula is C30H38. The van der Waals surface area contributed by atoms with Crippen molar-refractivity contribution < 1.29 is 0 Å². The average Bonchev–Trinajstić information content (AvgIpc) is 3.66. The van der Waals surface area contributed by atoms with Crippen molar-refractivity contribution in [2.75, 3.05) is 0 Å². The minimum Gasteiger partial charge on any atom is -0.0654 e. The zero-order chi connectivity index (χ0) is 20.5. The third kappa shape index (κ3) is 3.91. The maximum atomic E-state index is 2.56. The summed E-state index contributed by atoms with van der Waals surface area (Å²) < 4.78 is 0. The van der Waals surface area contributed by atoms with Gasteiger partial charge in [0.15, 0.2) is 0 Å². The zero-order valence-electron chi connectivity index (χ0n) is 19.1. The summed E-state index contributed by atoms with van der Waals surface area (Å²) in [6, 6.07) is 14.9. The fourth-order valence-electron chi connectivity index (χ4n) is 6.10. The van der Waals surface area contributed by atoms with E-state index >= 15 is 0 Å². The fourth-order valence-corrected chi connectivity index (χ4v) is 6.10. The van der Waals surface area contributed by atoms with E-state index in [2.05, 4.69) is 50.2 Å². The summed E-state index contributed by atoms with van der Waals surface area (Å²) >= 11 is 0. The Morgan fingerprint density at radius 2 is 1.50 bits per heavy atom. The number of aryl methyl sites for hydroxylation is 4. The third-order valence-corrected chi connectivity index (χ3v) is 7.82. The predicted molar refractivity (Wildman–Crippen MR) is 128 cm³/mol. The molecule has 4 aliphatic rings. The summed E-state index contributed by atoms with van der Waals surface area (Å²) in [4.78, 5) is 0. The second kappa shape index (κ2) is 8.74. The van der Waals surface area contributed by atoms with Crippen LogP contribution in [0.4, 0.5) is 0 Å². The normalized spacial score (nSPS) is 21.0. The molecule has 0 heterocycles. The largest absolute Gasteiger partial charge is 0.0654 e. The lowest BCUT2D eigenvalue weighted by Gasteiger charge is -2.08. The Hall–Kier alpha value is -1.82. The number of unbranched alkanes of at least 4 members (excludes halogenated alkanes) is 2. The van der Waals surface area contributed by atoms with Crippen molar-refractivity contribution in [1.29, 1.82) is 0 Å². The van der Waals surface area contributed by atoms with Crippen LogP contribution in [0.25, 0.3) is 0 Å². The standard InChI is InChI=1S/C30H38/c1-3-5-10-21-11-7-13-22-14-8-17-27-29(22)30(27)23(12-6-4-2)18-19-26-25-16-9-15-24(20-21)28(25)26/h7,11,13,18-20,25,27H,3-6,8-10,12,14-17H2,1-2H3. The summed E-state index contributed by atoms with van der Waals surface area (Å²) in [6.07, 6.45) is 15.7. The molecule has 158 valence electrons. The zero-order valence-corrected chi connectivity index (χ0v) is 19.1. The fraction of sp³-hybridized carbons (Fsp3) is 0.533. The molecule has 1 aromatic rings. The van der Waals surface area contributed by atoms with Crippen molar-refractivity contribution >= 4 is 0 Å². The van der Waals surface area contributed by atoms with Crippen molar-refractivity contribution in [3.05, 3.63) is 80.9 Å². The first-order chi connectivity index (χ1) is 14.8. The van der Waals surface area contributed by atoms with Gasteiger partial charge in [0.1, 0.15) is 0 Å². The van der Waals surface area contributed by atoms with Gasteiger partial charge in [-0.05, 0) is 109 Å². The minimum absolute atomic E-state index is 0.767. The van der Waals surface area contributed by atoms with Crippen LogP contribution in [0.15, 0.2) is 36.4 Å². The van der Waals surface area contributed by atoms with Crippen LogP contribution < -0.4 is 0 Å². The Morgan fingerprint density at radius 3 is 2.33 bits per heavy atom. The van der Waals surface area contributed by atoms with Crippen molar-refractivity contribution in [3.8, 4) is 0 Å². The molecule has 0 spiro atoms. The summed E-state index contributed by atoms with van der Waals surface area (Å²) in [5.74, 6) is 1.54. The van der Waals surface area contributed by atoms with Gasteiger partial charge in [0, 0.05) is 11.8 Å². The van der Waals surface area contributed by atoms with E-state index in [1.807, 2.05) is 0 Å². The van der Waals surface area contributed by atoms with E-state index in [1.165, 1.54) is 82.6 Å². The van der Waals surface area contributed by atoms with Crippen LogP contribution in [-0.4, -0.2) is 0 Å². The lowest BCUT2D eigenvalue weighted by molar-refractivity contribution is 0.688. The molecule has 2 atom stereocenters. The highest BCUT2D eigenvalue weighted by molar-refractivity contribution is 5.61. The number of fused-ring (bicyclic) bond motifs is 2. The first-order valence-corrected chi connectivity index (χ1v) is 12.8. The molecule has 0 radical (unpaired) electrons. The van der Waals surface area contributed by atoms with Crippen molar-refractivity contribution in [2.45, 2.75) is 103 Å². The van der Waals surface area contributed by atoms with Gasteiger partial charge in [-0.3, -0.25) is 0 Å². The summed E-state index contributed by atoms with van der Waals surface area (Å²) in [5.41, 5.74) is 13.3. The van der Waals surface area contributed by atoms with Crippen LogP contribution in [0.2, 0.25) is 0 Å². The minimum atomic E-state index is 0.767. The molecule has 0 saturated heterocycles. The molecule has 0 nitrogen and oxygen atoms in total. The highest BCUT2D eigenvalue weighted by Crippen LogP contribution is 2.54. The maximum Gasteiger partial charge on any atom is 0.0101 e. The van der Waals surface area contributed by atoms with Crippen LogP contribution in [-0.2, 0) is 25.7 Å². The summed E-state index contributed by atoms with van der Waals surface area (Å²) in [7, 11) is 0.